The summed E-state index contributed by atoms with van der Waals surface area (Å²) in [5.41, 5.74) is -0.0951. The van der Waals surface area contributed by atoms with Crippen LogP contribution < -0.4 is 5.32 Å². The summed E-state index contributed by atoms with van der Waals surface area (Å²) in [7, 11) is -3.87. The maximum absolute atomic E-state index is 13.6. The number of hydrogen-bond acceptors (Lipinski definition) is 5. The molecule has 0 saturated carbocycles. The van der Waals surface area contributed by atoms with Gasteiger partial charge in [-0.1, -0.05) is 22.9 Å². The Hall–Kier alpha value is -2.10. The van der Waals surface area contributed by atoms with Crippen molar-refractivity contribution in [1.29, 1.82) is 0 Å². The van der Waals surface area contributed by atoms with E-state index in [4.69, 9.17) is 11.6 Å². The third kappa shape index (κ3) is 3.94. The molecule has 0 aliphatic rings. The molecule has 0 aliphatic heterocycles. The largest absolute Gasteiger partial charge is 0.301 e. The number of aromatic nitrogens is 1. The van der Waals surface area contributed by atoms with Gasteiger partial charge in [0.25, 0.3) is 0 Å². The standard InChI is InChI=1S/C15H9ClF2N2O3S2/c16-8-1-3-10(4-2-8)25(22,23)7-13(21)19-15-20-14-11(18)5-9(17)6-12(14)24-15/h1-6H,7H2,(H,19,20,21). The van der Waals surface area contributed by atoms with Crippen molar-refractivity contribution in [1.82, 2.24) is 4.98 Å². The van der Waals surface area contributed by atoms with Crippen LogP contribution in [0.2, 0.25) is 5.02 Å². The Morgan fingerprint density at radius 3 is 2.56 bits per heavy atom. The summed E-state index contributed by atoms with van der Waals surface area (Å²) in [4.78, 5) is 15.8. The van der Waals surface area contributed by atoms with Gasteiger partial charge in [-0.15, -0.1) is 0 Å². The van der Waals surface area contributed by atoms with Gasteiger partial charge in [0.15, 0.2) is 20.8 Å². The predicted octanol–water partition coefficient (Wildman–Crippen LogP) is 3.64. The fraction of sp³-hybridized carbons (Fsp3) is 0.0667. The number of carbonyl (C=O) groups is 1. The molecule has 2 aromatic carbocycles. The number of rotatable bonds is 4. The molecule has 0 aliphatic carbocycles. The van der Waals surface area contributed by atoms with Crippen molar-refractivity contribution in [3.05, 3.63) is 53.1 Å². The van der Waals surface area contributed by atoms with E-state index in [0.29, 0.717) is 11.1 Å². The lowest BCUT2D eigenvalue weighted by Gasteiger charge is -2.04. The number of thiazole rings is 1. The molecule has 3 rings (SSSR count). The molecule has 130 valence electrons. The van der Waals surface area contributed by atoms with Crippen LogP contribution in [0.3, 0.4) is 0 Å². The predicted molar refractivity (Wildman–Crippen MR) is 91.7 cm³/mol. The van der Waals surface area contributed by atoms with Gasteiger partial charge in [0, 0.05) is 11.1 Å². The Bertz CT molecular complexity index is 1070. The minimum absolute atomic E-state index is 0.0178. The minimum Gasteiger partial charge on any atom is -0.301 e. The van der Waals surface area contributed by atoms with E-state index in [0.717, 1.165) is 17.4 Å². The highest BCUT2D eigenvalue weighted by Gasteiger charge is 2.20. The van der Waals surface area contributed by atoms with E-state index in [-0.39, 0.29) is 20.2 Å². The third-order valence-corrected chi connectivity index (χ3v) is 5.96. The fourth-order valence-corrected chi connectivity index (χ4v) is 4.25. The molecule has 1 amide bonds. The average molecular weight is 403 g/mol. The summed E-state index contributed by atoms with van der Waals surface area (Å²) in [5, 5.41) is 2.64. The molecule has 0 spiro atoms. The molecule has 25 heavy (non-hydrogen) atoms. The minimum atomic E-state index is -3.87. The first-order valence-electron chi connectivity index (χ1n) is 6.78. The molecule has 0 atom stereocenters. The van der Waals surface area contributed by atoms with Crippen molar-refractivity contribution in [3.8, 4) is 0 Å². The molecule has 0 fully saturated rings. The highest BCUT2D eigenvalue weighted by molar-refractivity contribution is 7.92. The number of sulfone groups is 1. The number of benzene rings is 2. The number of carbonyl (C=O) groups excluding carboxylic acids is 1. The summed E-state index contributed by atoms with van der Waals surface area (Å²) < 4.78 is 51.3. The van der Waals surface area contributed by atoms with Gasteiger partial charge in [0.05, 0.1) is 9.60 Å². The molecule has 1 N–H and O–H groups in total. The second kappa shape index (κ2) is 6.66. The smallest absolute Gasteiger partial charge is 0.241 e. The van der Waals surface area contributed by atoms with Crippen molar-refractivity contribution < 1.29 is 22.0 Å². The Kier molecular flexibility index (Phi) is 4.72. The van der Waals surface area contributed by atoms with Crippen LogP contribution in [0.4, 0.5) is 13.9 Å². The number of halogens is 3. The summed E-state index contributed by atoms with van der Waals surface area (Å²) >= 11 is 6.54. The van der Waals surface area contributed by atoms with Crippen molar-refractivity contribution in [2.45, 2.75) is 4.90 Å². The van der Waals surface area contributed by atoms with E-state index in [1.54, 1.807) is 0 Å². The lowest BCUT2D eigenvalue weighted by molar-refractivity contribution is -0.113. The molecule has 0 unspecified atom stereocenters. The van der Waals surface area contributed by atoms with Crippen LogP contribution in [-0.2, 0) is 14.6 Å². The van der Waals surface area contributed by atoms with Gasteiger partial charge in [0.1, 0.15) is 17.1 Å². The van der Waals surface area contributed by atoms with Crippen LogP contribution in [0.25, 0.3) is 10.2 Å². The number of hydrogen-bond donors (Lipinski definition) is 1. The Morgan fingerprint density at radius 2 is 1.88 bits per heavy atom. The first-order valence-corrected chi connectivity index (χ1v) is 9.63. The maximum atomic E-state index is 13.6. The van der Waals surface area contributed by atoms with Crippen LogP contribution in [0.1, 0.15) is 0 Å². The normalized spacial score (nSPS) is 11.6. The SMILES string of the molecule is O=C(CS(=O)(=O)c1ccc(Cl)cc1)Nc1nc2c(F)cc(F)cc2s1. The Labute approximate surface area is 150 Å². The van der Waals surface area contributed by atoms with Crippen molar-refractivity contribution in [3.63, 3.8) is 0 Å². The monoisotopic (exact) mass is 402 g/mol. The van der Waals surface area contributed by atoms with Crippen molar-refractivity contribution >= 4 is 54.0 Å². The zero-order valence-electron chi connectivity index (χ0n) is 12.3. The van der Waals surface area contributed by atoms with Gasteiger partial charge < -0.3 is 5.32 Å². The number of nitrogens with zero attached hydrogens (tertiary/aromatic N) is 1. The van der Waals surface area contributed by atoms with Gasteiger partial charge >= 0.3 is 0 Å². The second-order valence-electron chi connectivity index (χ2n) is 5.01. The summed E-state index contributed by atoms with van der Waals surface area (Å²) in [6.45, 7) is 0. The first kappa shape index (κ1) is 17.7. The van der Waals surface area contributed by atoms with Gasteiger partial charge in [-0.25, -0.2) is 22.2 Å². The first-order chi connectivity index (χ1) is 11.7. The molecular weight excluding hydrogens is 394 g/mol. The highest BCUT2D eigenvalue weighted by Crippen LogP contribution is 2.28. The van der Waals surface area contributed by atoms with E-state index in [9.17, 15) is 22.0 Å². The number of fused-ring (bicyclic) bond motifs is 1. The zero-order valence-corrected chi connectivity index (χ0v) is 14.7. The molecular formula is C15H9ClF2N2O3S2. The molecule has 3 aromatic rings. The molecule has 0 saturated heterocycles. The molecule has 1 aromatic heterocycles. The molecule has 0 bridgehead atoms. The summed E-state index contributed by atoms with van der Waals surface area (Å²) in [5.74, 6) is -3.28. The van der Waals surface area contributed by atoms with Crippen LogP contribution in [0.15, 0.2) is 41.3 Å². The summed E-state index contributed by atoms with van der Waals surface area (Å²) in [6, 6.07) is 7.14. The maximum Gasteiger partial charge on any atom is 0.241 e. The van der Waals surface area contributed by atoms with E-state index >= 15 is 0 Å². The van der Waals surface area contributed by atoms with E-state index in [1.165, 1.54) is 24.3 Å². The summed E-state index contributed by atoms with van der Waals surface area (Å²) in [6.07, 6.45) is 0. The van der Waals surface area contributed by atoms with Gasteiger partial charge in [-0.3, -0.25) is 4.79 Å². The zero-order chi connectivity index (χ0) is 18.2. The molecule has 0 radical (unpaired) electrons. The second-order valence-corrected chi connectivity index (χ2v) is 8.47. The number of anilines is 1. The van der Waals surface area contributed by atoms with Crippen LogP contribution in [-0.4, -0.2) is 25.1 Å². The van der Waals surface area contributed by atoms with Crippen LogP contribution in [0.5, 0.6) is 0 Å². The van der Waals surface area contributed by atoms with Crippen molar-refractivity contribution in [2.75, 3.05) is 11.1 Å². The third-order valence-electron chi connectivity index (χ3n) is 3.15. The molecule has 10 heteroatoms. The Balaban J connectivity index is 1.78. The van der Waals surface area contributed by atoms with Gasteiger partial charge in [-0.05, 0) is 30.3 Å². The topological polar surface area (TPSA) is 76.1 Å². The van der Waals surface area contributed by atoms with Crippen LogP contribution in [0, 0.1) is 11.6 Å². The quantitative estimate of drug-likeness (QED) is 0.722. The number of amides is 1. The van der Waals surface area contributed by atoms with E-state index in [1.807, 2.05) is 0 Å². The van der Waals surface area contributed by atoms with Crippen molar-refractivity contribution in [2.24, 2.45) is 0 Å². The van der Waals surface area contributed by atoms with E-state index < -0.39 is 33.1 Å². The lowest BCUT2D eigenvalue weighted by atomic mass is 10.3. The lowest BCUT2D eigenvalue weighted by Crippen LogP contribution is -2.22. The molecule has 5 nitrogen and oxygen atoms in total. The fourth-order valence-electron chi connectivity index (χ4n) is 2.06. The van der Waals surface area contributed by atoms with Crippen LogP contribution >= 0.6 is 22.9 Å². The number of nitrogens with one attached hydrogen (secondary N) is 1. The van der Waals surface area contributed by atoms with Gasteiger partial charge in [-0.2, -0.15) is 0 Å². The van der Waals surface area contributed by atoms with Gasteiger partial charge in [0.2, 0.25) is 5.91 Å². The average Bonchev–Trinajstić information content (AvgIpc) is 2.89. The Morgan fingerprint density at radius 1 is 1.20 bits per heavy atom. The van der Waals surface area contributed by atoms with E-state index in [2.05, 4.69) is 10.3 Å². The molecule has 1 heterocycles. The highest BCUT2D eigenvalue weighted by atomic mass is 35.5.